The van der Waals surface area contributed by atoms with E-state index in [4.69, 9.17) is 11.6 Å². The first-order valence-electron chi connectivity index (χ1n) is 5.60. The molecule has 1 amide bonds. The number of pyridine rings is 1. The van der Waals surface area contributed by atoms with E-state index >= 15 is 0 Å². The molecule has 1 aromatic heterocycles. The molecule has 1 fully saturated rings. The Bertz CT molecular complexity index is 398. The molecule has 0 atom stereocenters. The second-order valence-electron chi connectivity index (χ2n) is 4.29. The van der Waals surface area contributed by atoms with E-state index in [1.807, 2.05) is 11.8 Å². The van der Waals surface area contributed by atoms with E-state index in [9.17, 15) is 4.79 Å². The predicted octanol–water partition coefficient (Wildman–Crippen LogP) is 2.75. The minimum Gasteiger partial charge on any atom is -0.351 e. The maximum Gasteiger partial charge on any atom is 0.252 e. The zero-order valence-electron chi connectivity index (χ0n) is 9.70. The summed E-state index contributed by atoms with van der Waals surface area (Å²) in [5.41, 5.74) is 0.560. The smallest absolute Gasteiger partial charge is 0.252 e. The molecule has 0 unspecified atom stereocenters. The second kappa shape index (κ2) is 5.27. The molecule has 1 heterocycles. The van der Waals surface area contributed by atoms with E-state index in [0.29, 0.717) is 10.7 Å². The molecule has 0 saturated heterocycles. The highest BCUT2D eigenvalue weighted by Gasteiger charge is 2.36. The van der Waals surface area contributed by atoms with Gasteiger partial charge in [0.15, 0.2) is 0 Å². The van der Waals surface area contributed by atoms with Crippen molar-refractivity contribution < 1.29 is 4.79 Å². The van der Waals surface area contributed by atoms with Crippen LogP contribution in [0.5, 0.6) is 0 Å². The summed E-state index contributed by atoms with van der Waals surface area (Å²) < 4.78 is 0.259. The van der Waals surface area contributed by atoms with Gasteiger partial charge in [-0.1, -0.05) is 18.0 Å². The number of hydrogen-bond donors (Lipinski definition) is 1. The molecule has 0 radical (unpaired) electrons. The molecule has 0 spiro atoms. The molecule has 0 bridgehead atoms. The summed E-state index contributed by atoms with van der Waals surface area (Å²) >= 11 is 7.52. The van der Waals surface area contributed by atoms with Crippen molar-refractivity contribution in [3.8, 4) is 0 Å². The Hall–Kier alpha value is -0.740. The van der Waals surface area contributed by atoms with Gasteiger partial charge in [-0.2, -0.15) is 11.8 Å². The molecule has 92 valence electrons. The first kappa shape index (κ1) is 12.7. The van der Waals surface area contributed by atoms with Crippen molar-refractivity contribution in [3.05, 3.63) is 29.0 Å². The largest absolute Gasteiger partial charge is 0.351 e. The summed E-state index contributed by atoms with van der Waals surface area (Å²) in [6.45, 7) is 0.732. The number of carbonyl (C=O) groups excluding carboxylic acids is 1. The first-order valence-corrected chi connectivity index (χ1v) is 7.20. The lowest BCUT2D eigenvalue weighted by molar-refractivity contribution is 0.0943. The third kappa shape index (κ3) is 2.93. The summed E-state index contributed by atoms with van der Waals surface area (Å²) in [7, 11) is 0. The van der Waals surface area contributed by atoms with E-state index in [0.717, 1.165) is 6.54 Å². The molecule has 1 N–H and O–H groups in total. The zero-order chi connectivity index (χ0) is 12.3. The van der Waals surface area contributed by atoms with E-state index in [2.05, 4.69) is 16.6 Å². The van der Waals surface area contributed by atoms with Crippen molar-refractivity contribution in [3.63, 3.8) is 0 Å². The molecule has 5 heteroatoms. The molecule has 1 saturated carbocycles. The van der Waals surface area contributed by atoms with Crippen molar-refractivity contribution >= 4 is 29.3 Å². The van der Waals surface area contributed by atoms with E-state index in [1.165, 1.54) is 25.5 Å². The van der Waals surface area contributed by atoms with E-state index in [-0.39, 0.29) is 10.7 Å². The SMILES string of the molecule is CSC1(CNC(=O)c2ccc(Cl)nc2)CCC1. The Kier molecular flexibility index (Phi) is 3.94. The van der Waals surface area contributed by atoms with Gasteiger partial charge in [-0.3, -0.25) is 4.79 Å². The van der Waals surface area contributed by atoms with Gasteiger partial charge < -0.3 is 5.32 Å². The van der Waals surface area contributed by atoms with Gasteiger partial charge in [0.25, 0.3) is 5.91 Å². The fourth-order valence-electron chi connectivity index (χ4n) is 1.88. The molecule has 2 rings (SSSR count). The highest BCUT2D eigenvalue weighted by molar-refractivity contribution is 8.00. The Balaban J connectivity index is 1.91. The quantitative estimate of drug-likeness (QED) is 0.856. The predicted molar refractivity (Wildman–Crippen MR) is 71.7 cm³/mol. The molecular weight excluding hydrogens is 256 g/mol. The minimum absolute atomic E-state index is 0.0745. The van der Waals surface area contributed by atoms with Gasteiger partial charge in [-0.15, -0.1) is 0 Å². The van der Waals surface area contributed by atoms with Gasteiger partial charge in [-0.05, 0) is 31.2 Å². The van der Waals surface area contributed by atoms with Crippen LogP contribution < -0.4 is 5.32 Å². The molecule has 1 aliphatic carbocycles. The summed E-state index contributed by atoms with van der Waals surface area (Å²) in [5, 5.41) is 3.37. The van der Waals surface area contributed by atoms with Crippen LogP contribution in [0.2, 0.25) is 5.15 Å². The van der Waals surface area contributed by atoms with Gasteiger partial charge in [0.2, 0.25) is 0 Å². The zero-order valence-corrected chi connectivity index (χ0v) is 11.3. The van der Waals surface area contributed by atoms with Crippen LogP contribution in [0.1, 0.15) is 29.6 Å². The number of nitrogens with one attached hydrogen (secondary N) is 1. The topological polar surface area (TPSA) is 42.0 Å². The molecule has 17 heavy (non-hydrogen) atoms. The molecule has 3 nitrogen and oxygen atoms in total. The summed E-state index contributed by atoms with van der Waals surface area (Å²) in [5.74, 6) is -0.0745. The Morgan fingerprint density at radius 3 is 2.82 bits per heavy atom. The summed E-state index contributed by atoms with van der Waals surface area (Å²) in [6.07, 6.45) is 7.25. The third-order valence-electron chi connectivity index (χ3n) is 3.26. The van der Waals surface area contributed by atoms with Crippen LogP contribution in [0, 0.1) is 0 Å². The van der Waals surface area contributed by atoms with Crippen LogP contribution in [0.3, 0.4) is 0 Å². The van der Waals surface area contributed by atoms with Crippen molar-refractivity contribution in [2.75, 3.05) is 12.8 Å². The number of carbonyl (C=O) groups is 1. The second-order valence-corrected chi connectivity index (χ2v) is 5.95. The van der Waals surface area contributed by atoms with Crippen LogP contribution in [-0.2, 0) is 0 Å². The van der Waals surface area contributed by atoms with Gasteiger partial charge in [0.1, 0.15) is 5.15 Å². The third-order valence-corrected chi connectivity index (χ3v) is 4.90. The van der Waals surface area contributed by atoms with Crippen molar-refractivity contribution in [2.24, 2.45) is 0 Å². The van der Waals surface area contributed by atoms with Gasteiger partial charge in [0.05, 0.1) is 5.56 Å². The van der Waals surface area contributed by atoms with Crippen LogP contribution >= 0.6 is 23.4 Å². The Morgan fingerprint density at radius 2 is 2.35 bits per heavy atom. The van der Waals surface area contributed by atoms with Gasteiger partial charge in [-0.25, -0.2) is 4.98 Å². The number of amides is 1. The van der Waals surface area contributed by atoms with Crippen LogP contribution in [0.25, 0.3) is 0 Å². The maximum atomic E-state index is 11.9. The summed E-state index contributed by atoms with van der Waals surface area (Å²) in [4.78, 5) is 15.8. The fourth-order valence-corrected chi connectivity index (χ4v) is 2.90. The fraction of sp³-hybridized carbons (Fsp3) is 0.500. The van der Waals surface area contributed by atoms with Crippen molar-refractivity contribution in [1.29, 1.82) is 0 Å². The maximum absolute atomic E-state index is 11.9. The highest BCUT2D eigenvalue weighted by Crippen LogP contribution is 2.42. The van der Waals surface area contributed by atoms with Gasteiger partial charge >= 0.3 is 0 Å². The molecule has 0 aliphatic heterocycles. The minimum atomic E-state index is -0.0745. The molecule has 0 aromatic carbocycles. The van der Waals surface area contributed by atoms with Crippen molar-refractivity contribution in [2.45, 2.75) is 24.0 Å². The van der Waals surface area contributed by atoms with Crippen LogP contribution in [-0.4, -0.2) is 28.4 Å². The lowest BCUT2D eigenvalue weighted by atomic mass is 9.84. The number of nitrogens with zero attached hydrogens (tertiary/aromatic N) is 1. The number of thioether (sulfide) groups is 1. The van der Waals surface area contributed by atoms with Gasteiger partial charge in [0, 0.05) is 17.5 Å². The number of aromatic nitrogens is 1. The van der Waals surface area contributed by atoms with Crippen LogP contribution in [0.15, 0.2) is 18.3 Å². The van der Waals surface area contributed by atoms with E-state index in [1.54, 1.807) is 12.1 Å². The summed E-state index contributed by atoms with van der Waals surface area (Å²) in [6, 6.07) is 3.32. The Labute approximate surface area is 110 Å². The lowest BCUT2D eigenvalue weighted by Gasteiger charge is -2.40. The van der Waals surface area contributed by atoms with Crippen molar-refractivity contribution in [1.82, 2.24) is 10.3 Å². The van der Waals surface area contributed by atoms with Crippen LogP contribution in [0.4, 0.5) is 0 Å². The monoisotopic (exact) mass is 270 g/mol. The molecule has 1 aromatic rings. The average molecular weight is 271 g/mol. The average Bonchev–Trinajstić information content (AvgIpc) is 2.29. The standard InChI is InChI=1S/C12H15ClN2OS/c1-17-12(5-2-6-12)8-15-11(16)9-3-4-10(13)14-7-9/h3-4,7H,2,5-6,8H2,1H3,(H,15,16). The number of rotatable bonds is 4. The normalized spacial score (nSPS) is 17.3. The number of hydrogen-bond acceptors (Lipinski definition) is 3. The Morgan fingerprint density at radius 1 is 1.59 bits per heavy atom. The molecule has 1 aliphatic rings. The highest BCUT2D eigenvalue weighted by atomic mass is 35.5. The molecular formula is C12H15ClN2OS. The lowest BCUT2D eigenvalue weighted by Crippen LogP contribution is -2.45. The number of halogens is 1. The van der Waals surface area contributed by atoms with E-state index < -0.39 is 0 Å². The first-order chi connectivity index (χ1) is 8.15.